The lowest BCUT2D eigenvalue weighted by Crippen LogP contribution is -2.42. The number of likely N-dealkylation sites (tertiary alicyclic amines) is 1. The van der Waals surface area contributed by atoms with Crippen LogP contribution in [0.3, 0.4) is 0 Å². The zero-order valence-corrected chi connectivity index (χ0v) is 18.2. The molecular formula is C23H38N4O2. The summed E-state index contributed by atoms with van der Waals surface area (Å²) in [6, 6.07) is 6.39. The maximum atomic E-state index is 6.16. The third-order valence-electron chi connectivity index (χ3n) is 5.64. The Kier molecular flexibility index (Phi) is 9.09. The van der Waals surface area contributed by atoms with Crippen molar-refractivity contribution in [1.29, 1.82) is 0 Å². The van der Waals surface area contributed by atoms with Crippen molar-refractivity contribution in [3.8, 4) is 5.75 Å². The largest absolute Gasteiger partial charge is 0.493 e. The van der Waals surface area contributed by atoms with E-state index >= 15 is 0 Å². The number of rotatable bonds is 9. The lowest BCUT2D eigenvalue weighted by Gasteiger charge is -2.26. The first-order valence-electron chi connectivity index (χ1n) is 11.3. The lowest BCUT2D eigenvalue weighted by atomic mass is 10.1. The molecule has 1 unspecified atom stereocenters. The Hall–Kier alpha value is -1.79. The van der Waals surface area contributed by atoms with Gasteiger partial charge in [-0.3, -0.25) is 0 Å². The standard InChI is InChI=1S/C23H38N4O2/c1-3-24-23(25-10-13-27-11-5-4-6-12-27)26-16-21-8-7-19(2)15-22(21)29-18-20-9-14-28-17-20/h7-8,15,20H,3-6,9-14,16-18H2,1-2H3,(H2,24,25,26). The molecule has 0 amide bonds. The van der Waals surface area contributed by atoms with Gasteiger partial charge in [0.1, 0.15) is 5.75 Å². The Bertz CT molecular complexity index is 638. The second kappa shape index (κ2) is 12.0. The van der Waals surface area contributed by atoms with Crippen LogP contribution in [0.15, 0.2) is 23.2 Å². The van der Waals surface area contributed by atoms with Crippen LogP contribution in [0.4, 0.5) is 0 Å². The fourth-order valence-corrected chi connectivity index (χ4v) is 3.87. The molecule has 0 spiro atoms. The first kappa shape index (κ1) is 21.9. The summed E-state index contributed by atoms with van der Waals surface area (Å²) in [6.45, 7) is 12.5. The van der Waals surface area contributed by atoms with Gasteiger partial charge < -0.3 is 25.0 Å². The molecule has 1 atom stereocenters. The van der Waals surface area contributed by atoms with Crippen LogP contribution in [0.1, 0.15) is 43.7 Å². The summed E-state index contributed by atoms with van der Waals surface area (Å²) in [7, 11) is 0. The van der Waals surface area contributed by atoms with E-state index in [1.807, 2.05) is 0 Å². The van der Waals surface area contributed by atoms with Gasteiger partial charge in [-0.15, -0.1) is 0 Å². The number of benzene rings is 1. The van der Waals surface area contributed by atoms with Gasteiger partial charge in [0.2, 0.25) is 0 Å². The number of nitrogens with one attached hydrogen (secondary N) is 2. The van der Waals surface area contributed by atoms with Crippen LogP contribution in [0, 0.1) is 12.8 Å². The van der Waals surface area contributed by atoms with Gasteiger partial charge in [0.05, 0.1) is 19.8 Å². The Balaban J connectivity index is 1.54. The number of aryl methyl sites for hydroxylation is 1. The summed E-state index contributed by atoms with van der Waals surface area (Å²) < 4.78 is 11.6. The normalized spacial score (nSPS) is 20.6. The zero-order valence-electron chi connectivity index (χ0n) is 18.2. The highest BCUT2D eigenvalue weighted by molar-refractivity contribution is 5.79. The Morgan fingerprint density at radius 1 is 1.24 bits per heavy atom. The van der Waals surface area contributed by atoms with Crippen LogP contribution in [0.2, 0.25) is 0 Å². The van der Waals surface area contributed by atoms with Gasteiger partial charge in [-0.1, -0.05) is 18.6 Å². The van der Waals surface area contributed by atoms with Gasteiger partial charge in [-0.25, -0.2) is 4.99 Å². The van der Waals surface area contributed by atoms with Crippen LogP contribution in [0.25, 0.3) is 0 Å². The molecule has 0 aromatic heterocycles. The molecule has 2 saturated heterocycles. The van der Waals surface area contributed by atoms with Gasteiger partial charge in [0.15, 0.2) is 5.96 Å². The molecule has 2 aliphatic rings. The van der Waals surface area contributed by atoms with Gasteiger partial charge in [0, 0.05) is 37.7 Å². The highest BCUT2D eigenvalue weighted by Gasteiger charge is 2.17. The number of hydrogen-bond donors (Lipinski definition) is 2. The molecule has 29 heavy (non-hydrogen) atoms. The molecule has 1 aromatic carbocycles. The summed E-state index contributed by atoms with van der Waals surface area (Å²) >= 11 is 0. The molecule has 0 bridgehead atoms. The summed E-state index contributed by atoms with van der Waals surface area (Å²) in [5, 5.41) is 6.85. The Labute approximate surface area is 176 Å². The SMILES string of the molecule is CCNC(=NCc1ccc(C)cc1OCC1CCOC1)NCCN1CCCCC1. The van der Waals surface area contributed by atoms with Gasteiger partial charge in [0.25, 0.3) is 0 Å². The first-order valence-corrected chi connectivity index (χ1v) is 11.3. The summed E-state index contributed by atoms with van der Waals surface area (Å²) in [4.78, 5) is 7.35. The minimum Gasteiger partial charge on any atom is -0.493 e. The topological polar surface area (TPSA) is 58.1 Å². The molecule has 6 nitrogen and oxygen atoms in total. The average molecular weight is 403 g/mol. The average Bonchev–Trinajstić information content (AvgIpc) is 3.26. The van der Waals surface area contributed by atoms with Crippen LogP contribution in [-0.4, -0.2) is 63.4 Å². The number of hydrogen-bond acceptors (Lipinski definition) is 4. The molecule has 2 fully saturated rings. The van der Waals surface area contributed by atoms with Gasteiger partial charge >= 0.3 is 0 Å². The highest BCUT2D eigenvalue weighted by Crippen LogP contribution is 2.23. The van der Waals surface area contributed by atoms with Crippen LogP contribution in [0.5, 0.6) is 5.75 Å². The van der Waals surface area contributed by atoms with Crippen molar-refractivity contribution in [1.82, 2.24) is 15.5 Å². The summed E-state index contributed by atoms with van der Waals surface area (Å²) in [6.07, 6.45) is 5.13. The molecule has 0 saturated carbocycles. The molecule has 2 aliphatic heterocycles. The van der Waals surface area contributed by atoms with Crippen molar-refractivity contribution >= 4 is 5.96 Å². The van der Waals surface area contributed by atoms with E-state index in [1.54, 1.807) is 0 Å². The second-order valence-electron chi connectivity index (χ2n) is 8.18. The first-order chi connectivity index (χ1) is 14.2. The third kappa shape index (κ3) is 7.52. The molecule has 1 aromatic rings. The van der Waals surface area contributed by atoms with Gasteiger partial charge in [-0.05, 0) is 57.8 Å². The molecule has 6 heteroatoms. The Morgan fingerprint density at radius 2 is 2.10 bits per heavy atom. The van der Waals surface area contributed by atoms with E-state index < -0.39 is 0 Å². The van der Waals surface area contributed by atoms with Crippen molar-refractivity contribution in [2.75, 3.05) is 52.5 Å². The predicted octanol–water partition coefficient (Wildman–Crippen LogP) is 2.95. The van der Waals surface area contributed by atoms with Crippen molar-refractivity contribution in [2.24, 2.45) is 10.9 Å². The maximum Gasteiger partial charge on any atom is 0.191 e. The van der Waals surface area contributed by atoms with Crippen molar-refractivity contribution < 1.29 is 9.47 Å². The molecule has 0 aliphatic carbocycles. The molecular weight excluding hydrogens is 364 g/mol. The highest BCUT2D eigenvalue weighted by atomic mass is 16.5. The summed E-state index contributed by atoms with van der Waals surface area (Å²) in [5.74, 6) is 2.32. The minimum absolute atomic E-state index is 0.501. The number of guanidine groups is 1. The minimum atomic E-state index is 0.501. The fourth-order valence-electron chi connectivity index (χ4n) is 3.87. The number of aliphatic imine (C=N–C) groups is 1. The quantitative estimate of drug-likeness (QED) is 0.491. The molecule has 2 N–H and O–H groups in total. The number of piperidine rings is 1. The van der Waals surface area contributed by atoms with E-state index in [9.17, 15) is 0 Å². The smallest absolute Gasteiger partial charge is 0.191 e. The predicted molar refractivity (Wildman–Crippen MR) is 119 cm³/mol. The molecule has 0 radical (unpaired) electrons. The van der Waals surface area contributed by atoms with Crippen molar-refractivity contribution in [3.63, 3.8) is 0 Å². The monoisotopic (exact) mass is 402 g/mol. The van der Waals surface area contributed by atoms with E-state index in [2.05, 4.69) is 47.6 Å². The van der Waals surface area contributed by atoms with Crippen molar-refractivity contribution in [2.45, 2.75) is 46.1 Å². The van der Waals surface area contributed by atoms with E-state index in [0.29, 0.717) is 19.1 Å². The van der Waals surface area contributed by atoms with Crippen molar-refractivity contribution in [3.05, 3.63) is 29.3 Å². The zero-order chi connectivity index (χ0) is 20.3. The Morgan fingerprint density at radius 3 is 2.86 bits per heavy atom. The van der Waals surface area contributed by atoms with E-state index in [4.69, 9.17) is 14.5 Å². The molecule has 162 valence electrons. The molecule has 3 rings (SSSR count). The second-order valence-corrected chi connectivity index (χ2v) is 8.18. The van der Waals surface area contributed by atoms with E-state index in [0.717, 1.165) is 56.5 Å². The van der Waals surface area contributed by atoms with Crippen LogP contribution >= 0.6 is 0 Å². The number of ether oxygens (including phenoxy) is 2. The fraction of sp³-hybridized carbons (Fsp3) is 0.696. The lowest BCUT2D eigenvalue weighted by molar-refractivity contribution is 0.166. The van der Waals surface area contributed by atoms with Crippen LogP contribution < -0.4 is 15.4 Å². The van der Waals surface area contributed by atoms with Crippen LogP contribution in [-0.2, 0) is 11.3 Å². The van der Waals surface area contributed by atoms with Gasteiger partial charge in [-0.2, -0.15) is 0 Å². The third-order valence-corrected chi connectivity index (χ3v) is 5.64. The summed E-state index contributed by atoms with van der Waals surface area (Å²) in [5.41, 5.74) is 2.34. The number of nitrogens with zero attached hydrogens (tertiary/aromatic N) is 2. The maximum absolute atomic E-state index is 6.16. The van der Waals surface area contributed by atoms with E-state index in [1.165, 1.54) is 37.9 Å². The van der Waals surface area contributed by atoms with E-state index in [-0.39, 0.29) is 0 Å². The molecule has 2 heterocycles.